The van der Waals surface area contributed by atoms with Crippen molar-refractivity contribution in [2.24, 2.45) is 4.99 Å². The molecule has 0 spiro atoms. The number of aromatic nitrogens is 2. The Morgan fingerprint density at radius 2 is 2.35 bits per heavy atom. The molecule has 106 valence electrons. The smallest absolute Gasteiger partial charge is 0.264 e. The van der Waals surface area contributed by atoms with Gasteiger partial charge in [0, 0.05) is 12.3 Å². The van der Waals surface area contributed by atoms with Gasteiger partial charge in [0.2, 0.25) is 5.88 Å². The Morgan fingerprint density at radius 1 is 1.60 bits per heavy atom. The molecule has 0 bridgehead atoms. The molecule has 2 heterocycles. The van der Waals surface area contributed by atoms with Crippen LogP contribution in [0.1, 0.15) is 31.2 Å². The van der Waals surface area contributed by atoms with Crippen molar-refractivity contribution in [3.05, 3.63) is 44.8 Å². The van der Waals surface area contributed by atoms with Crippen molar-refractivity contribution in [2.45, 2.75) is 26.4 Å². The summed E-state index contributed by atoms with van der Waals surface area (Å²) < 4.78 is 6.78. The minimum atomic E-state index is -0.465. The quantitative estimate of drug-likeness (QED) is 0.669. The van der Waals surface area contributed by atoms with Crippen molar-refractivity contribution in [1.29, 1.82) is 0 Å². The first-order chi connectivity index (χ1) is 9.50. The van der Waals surface area contributed by atoms with Gasteiger partial charge in [-0.3, -0.25) is 19.3 Å². The molecule has 20 heavy (non-hydrogen) atoms. The van der Waals surface area contributed by atoms with Crippen LogP contribution < -0.4 is 5.56 Å². The molecule has 0 fully saturated rings. The Balaban J connectivity index is 2.37. The highest BCUT2D eigenvalue weighted by atomic mass is 32.1. The number of furan rings is 1. The number of rotatable bonds is 4. The van der Waals surface area contributed by atoms with Gasteiger partial charge in [-0.25, -0.2) is 0 Å². The third kappa shape index (κ3) is 2.88. The molecule has 0 aliphatic rings. The number of hydrogen-bond donors (Lipinski definition) is 2. The molecule has 0 aliphatic heterocycles. The largest absolute Gasteiger partial charge is 0.494 e. The lowest BCUT2D eigenvalue weighted by Gasteiger charge is -2.14. The molecule has 0 amide bonds. The Morgan fingerprint density at radius 3 is 2.95 bits per heavy atom. The fourth-order valence-electron chi connectivity index (χ4n) is 1.78. The second kappa shape index (κ2) is 5.87. The van der Waals surface area contributed by atoms with Gasteiger partial charge in [0.1, 0.15) is 11.3 Å². The summed E-state index contributed by atoms with van der Waals surface area (Å²) in [5, 5.41) is 10.1. The van der Waals surface area contributed by atoms with Crippen LogP contribution in [0, 0.1) is 4.77 Å². The van der Waals surface area contributed by atoms with Gasteiger partial charge in [-0.2, -0.15) is 0 Å². The molecule has 6 nitrogen and oxygen atoms in total. The zero-order valence-electron chi connectivity index (χ0n) is 11.2. The fourth-order valence-corrected chi connectivity index (χ4v) is 2.17. The van der Waals surface area contributed by atoms with Crippen LogP contribution in [0.5, 0.6) is 5.88 Å². The van der Waals surface area contributed by atoms with Gasteiger partial charge in [0.25, 0.3) is 5.56 Å². The third-order valence-corrected chi connectivity index (χ3v) is 3.02. The second-order valence-electron chi connectivity index (χ2n) is 4.51. The number of H-pyrrole nitrogens is 1. The predicted octanol–water partition coefficient (Wildman–Crippen LogP) is 2.40. The lowest BCUT2D eigenvalue weighted by atomic mass is 10.3. The summed E-state index contributed by atoms with van der Waals surface area (Å²) in [6.07, 6.45) is 2.87. The Kier molecular flexibility index (Phi) is 4.19. The molecule has 7 heteroatoms. The average molecular weight is 293 g/mol. The zero-order valence-corrected chi connectivity index (χ0v) is 12.0. The first-order valence-corrected chi connectivity index (χ1v) is 6.51. The van der Waals surface area contributed by atoms with Crippen LogP contribution in [0.25, 0.3) is 0 Å². The minimum absolute atomic E-state index is 0.0726. The molecule has 0 radical (unpaired) electrons. The van der Waals surface area contributed by atoms with Gasteiger partial charge in [-0.15, -0.1) is 0 Å². The minimum Gasteiger partial charge on any atom is -0.494 e. The fraction of sp³-hybridized carbons (Fsp3) is 0.308. The van der Waals surface area contributed by atoms with E-state index >= 15 is 0 Å². The predicted molar refractivity (Wildman–Crippen MR) is 77.9 cm³/mol. The molecule has 0 atom stereocenters. The molecular formula is C13H15N3O3S. The Bertz CT molecular complexity index is 726. The van der Waals surface area contributed by atoms with Crippen molar-refractivity contribution < 1.29 is 9.52 Å². The van der Waals surface area contributed by atoms with Crippen molar-refractivity contribution in [3.8, 4) is 5.88 Å². The summed E-state index contributed by atoms with van der Waals surface area (Å²) in [4.78, 5) is 18.4. The normalized spacial score (nSPS) is 11.6. The third-order valence-electron chi connectivity index (χ3n) is 2.72. The molecular weight excluding hydrogens is 278 g/mol. The monoisotopic (exact) mass is 293 g/mol. The van der Waals surface area contributed by atoms with E-state index in [9.17, 15) is 9.90 Å². The second-order valence-corrected chi connectivity index (χ2v) is 4.90. The first-order valence-electron chi connectivity index (χ1n) is 6.10. The molecule has 0 aliphatic carbocycles. The summed E-state index contributed by atoms with van der Waals surface area (Å²) in [7, 11) is 0. The highest BCUT2D eigenvalue weighted by molar-refractivity contribution is 7.71. The highest BCUT2D eigenvalue weighted by Gasteiger charge is 2.12. The van der Waals surface area contributed by atoms with E-state index in [1.165, 1.54) is 10.8 Å². The van der Waals surface area contributed by atoms with Gasteiger partial charge in [-0.1, -0.05) is 0 Å². The van der Waals surface area contributed by atoms with E-state index < -0.39 is 5.56 Å². The SMILES string of the molecule is CC(C)n1c(O)c(C=NCc2ccco2)c(=O)[nH]c1=S. The van der Waals surface area contributed by atoms with E-state index in [0.29, 0.717) is 12.3 Å². The molecule has 0 aromatic carbocycles. The van der Waals surface area contributed by atoms with Gasteiger partial charge in [0.15, 0.2) is 4.77 Å². The maximum Gasteiger partial charge on any atom is 0.264 e. The van der Waals surface area contributed by atoms with E-state index in [4.69, 9.17) is 16.6 Å². The summed E-state index contributed by atoms with van der Waals surface area (Å²) in [6, 6.07) is 3.46. The summed E-state index contributed by atoms with van der Waals surface area (Å²) in [6.45, 7) is 4.01. The number of aromatic amines is 1. The summed E-state index contributed by atoms with van der Waals surface area (Å²) in [5.41, 5.74) is -0.383. The van der Waals surface area contributed by atoms with Gasteiger partial charge >= 0.3 is 0 Å². The van der Waals surface area contributed by atoms with E-state index in [1.54, 1.807) is 18.4 Å². The van der Waals surface area contributed by atoms with E-state index in [0.717, 1.165) is 0 Å². The maximum atomic E-state index is 11.8. The van der Waals surface area contributed by atoms with Crippen LogP contribution in [0.3, 0.4) is 0 Å². The zero-order chi connectivity index (χ0) is 14.7. The Labute approximate surface area is 120 Å². The lowest BCUT2D eigenvalue weighted by molar-refractivity contribution is 0.385. The standard InChI is InChI=1S/C13H15N3O3S/c1-8(2)16-12(18)10(11(17)15-13(16)20)7-14-6-9-4-3-5-19-9/h3-5,7-8,18H,6H2,1-2H3,(H,15,17,20). The molecule has 2 rings (SSSR count). The van der Waals surface area contributed by atoms with Crippen LogP contribution in [0.15, 0.2) is 32.6 Å². The van der Waals surface area contributed by atoms with Crippen molar-refractivity contribution in [2.75, 3.05) is 0 Å². The van der Waals surface area contributed by atoms with Crippen LogP contribution in [0.2, 0.25) is 0 Å². The molecule has 0 saturated carbocycles. The van der Waals surface area contributed by atoms with Crippen LogP contribution in [-0.4, -0.2) is 20.9 Å². The lowest BCUT2D eigenvalue weighted by Crippen LogP contribution is -2.19. The topological polar surface area (TPSA) is 83.5 Å². The van der Waals surface area contributed by atoms with Gasteiger partial charge in [-0.05, 0) is 38.2 Å². The summed E-state index contributed by atoms with van der Waals surface area (Å²) in [5.74, 6) is 0.491. The van der Waals surface area contributed by atoms with Crippen LogP contribution in [-0.2, 0) is 6.54 Å². The first kappa shape index (κ1) is 14.3. The number of nitrogens with one attached hydrogen (secondary N) is 1. The molecule has 0 saturated heterocycles. The average Bonchev–Trinajstić information content (AvgIpc) is 2.85. The number of aromatic hydroxyl groups is 1. The highest BCUT2D eigenvalue weighted by Crippen LogP contribution is 2.17. The van der Waals surface area contributed by atoms with Crippen molar-refractivity contribution in [3.63, 3.8) is 0 Å². The van der Waals surface area contributed by atoms with Crippen molar-refractivity contribution in [1.82, 2.24) is 9.55 Å². The van der Waals surface area contributed by atoms with Gasteiger partial charge in [0.05, 0.1) is 12.8 Å². The molecule has 2 aromatic rings. The van der Waals surface area contributed by atoms with Gasteiger partial charge < -0.3 is 9.52 Å². The van der Waals surface area contributed by atoms with Crippen molar-refractivity contribution >= 4 is 18.4 Å². The van der Waals surface area contributed by atoms with Crippen LogP contribution in [0.4, 0.5) is 0 Å². The maximum absolute atomic E-state index is 11.8. The van der Waals surface area contributed by atoms with E-state index in [1.807, 2.05) is 13.8 Å². The molecule has 0 unspecified atom stereocenters. The van der Waals surface area contributed by atoms with Crippen LogP contribution >= 0.6 is 12.2 Å². The molecule has 2 N–H and O–H groups in total. The number of nitrogens with zero attached hydrogens (tertiary/aromatic N) is 2. The molecule has 2 aromatic heterocycles. The number of hydrogen-bond acceptors (Lipinski definition) is 5. The number of aliphatic imine (C=N–C) groups is 1. The summed E-state index contributed by atoms with van der Waals surface area (Å²) >= 11 is 5.03. The Hall–Kier alpha value is -2.15. The van der Waals surface area contributed by atoms with E-state index in [-0.39, 0.29) is 22.3 Å². The van der Waals surface area contributed by atoms with E-state index in [2.05, 4.69) is 9.98 Å².